The summed E-state index contributed by atoms with van der Waals surface area (Å²) in [5.74, 6) is -0.534. The van der Waals surface area contributed by atoms with E-state index in [1.165, 1.54) is 0 Å². The fourth-order valence-electron chi connectivity index (χ4n) is 2.22. The van der Waals surface area contributed by atoms with Crippen molar-refractivity contribution in [2.45, 2.75) is 24.9 Å². The van der Waals surface area contributed by atoms with Gasteiger partial charge < -0.3 is 15.7 Å². The molecule has 3 N–H and O–H groups in total. The molecule has 0 bridgehead atoms. The van der Waals surface area contributed by atoms with Crippen LogP contribution < -0.4 is 10.6 Å². The van der Waals surface area contributed by atoms with Crippen molar-refractivity contribution in [2.24, 2.45) is 0 Å². The van der Waals surface area contributed by atoms with Crippen LogP contribution in [0.3, 0.4) is 0 Å². The Kier molecular flexibility index (Phi) is 4.89. The van der Waals surface area contributed by atoms with Crippen LogP contribution in [0, 0.1) is 0 Å². The highest BCUT2D eigenvalue weighted by Crippen LogP contribution is 2.25. The van der Waals surface area contributed by atoms with Gasteiger partial charge >= 0.3 is 5.97 Å². The highest BCUT2D eigenvalue weighted by Gasteiger charge is 2.29. The summed E-state index contributed by atoms with van der Waals surface area (Å²) in [6, 6.07) is 6.52. The Morgan fingerprint density at radius 3 is 2.90 bits per heavy atom. The molecule has 1 aromatic carbocycles. The molecule has 2 rings (SSSR count). The number of nitrogens with one attached hydrogen (secondary N) is 2. The highest BCUT2D eigenvalue weighted by molar-refractivity contribution is 7.98. The summed E-state index contributed by atoms with van der Waals surface area (Å²) < 4.78 is 0. The van der Waals surface area contributed by atoms with E-state index in [9.17, 15) is 9.59 Å². The molecule has 108 valence electrons. The lowest BCUT2D eigenvalue weighted by atomic mass is 10.1. The third-order valence-corrected chi connectivity index (χ3v) is 3.96. The first-order valence-corrected chi connectivity index (χ1v) is 7.87. The average molecular weight is 294 g/mol. The lowest BCUT2D eigenvalue weighted by molar-refractivity contribution is -0.141. The summed E-state index contributed by atoms with van der Waals surface area (Å²) in [7, 11) is 0. The van der Waals surface area contributed by atoms with Crippen molar-refractivity contribution in [2.75, 3.05) is 17.3 Å². The van der Waals surface area contributed by atoms with Crippen LogP contribution in [0.1, 0.15) is 12.0 Å². The first kappa shape index (κ1) is 14.7. The number of rotatable bonds is 6. The largest absolute Gasteiger partial charge is 0.480 e. The number of fused-ring (bicyclic) bond motifs is 1. The van der Waals surface area contributed by atoms with Gasteiger partial charge in [-0.05, 0) is 30.1 Å². The molecule has 6 heteroatoms. The summed E-state index contributed by atoms with van der Waals surface area (Å²) in [5, 5.41) is 14.9. The summed E-state index contributed by atoms with van der Waals surface area (Å²) >= 11 is 1.57. The first-order valence-electron chi connectivity index (χ1n) is 6.48. The van der Waals surface area contributed by atoms with Gasteiger partial charge in [0.15, 0.2) is 0 Å². The van der Waals surface area contributed by atoms with Crippen molar-refractivity contribution in [3.05, 3.63) is 29.8 Å². The fourth-order valence-corrected chi connectivity index (χ4v) is 2.69. The summed E-state index contributed by atoms with van der Waals surface area (Å²) in [6.45, 7) is 0. The van der Waals surface area contributed by atoms with E-state index in [2.05, 4.69) is 10.6 Å². The summed E-state index contributed by atoms with van der Waals surface area (Å²) in [4.78, 5) is 23.3. The van der Waals surface area contributed by atoms with Gasteiger partial charge in [0.1, 0.15) is 12.1 Å². The number of benzene rings is 1. The van der Waals surface area contributed by atoms with Gasteiger partial charge in [-0.1, -0.05) is 18.2 Å². The standard InChI is InChI=1S/C14H18N2O3S/c1-20-7-6-11(14(18)19)16-13(17)12-8-9-4-2-3-5-10(9)15-12/h2-5,11-12,15H,6-8H2,1H3,(H,16,17)(H,18,19)/t11-,12+/m1/s1. The van der Waals surface area contributed by atoms with Crippen LogP contribution in [0.4, 0.5) is 5.69 Å². The van der Waals surface area contributed by atoms with Gasteiger partial charge in [0.05, 0.1) is 0 Å². The Bertz CT molecular complexity index is 482. The molecule has 0 radical (unpaired) electrons. The molecule has 0 aromatic heterocycles. The van der Waals surface area contributed by atoms with Crippen LogP contribution in [0.15, 0.2) is 24.3 Å². The quantitative estimate of drug-likeness (QED) is 0.738. The molecule has 1 aliphatic heterocycles. The van der Waals surface area contributed by atoms with Gasteiger partial charge in [0, 0.05) is 12.1 Å². The van der Waals surface area contributed by atoms with Crippen LogP contribution >= 0.6 is 11.8 Å². The molecule has 0 fully saturated rings. The lowest BCUT2D eigenvalue weighted by Crippen LogP contribution is -2.47. The van der Waals surface area contributed by atoms with E-state index in [0.29, 0.717) is 18.6 Å². The smallest absolute Gasteiger partial charge is 0.326 e. The number of carbonyl (C=O) groups excluding carboxylic acids is 1. The number of para-hydroxylation sites is 1. The number of carboxylic acids is 1. The molecule has 1 aromatic rings. The van der Waals surface area contributed by atoms with Crippen LogP contribution in [0.2, 0.25) is 0 Å². The minimum atomic E-state index is -0.983. The molecule has 0 aliphatic carbocycles. The zero-order valence-electron chi connectivity index (χ0n) is 11.3. The molecular formula is C14H18N2O3S. The molecule has 1 aliphatic rings. The van der Waals surface area contributed by atoms with E-state index in [0.717, 1.165) is 11.3 Å². The van der Waals surface area contributed by atoms with Crippen molar-refractivity contribution in [1.29, 1.82) is 0 Å². The Morgan fingerprint density at radius 2 is 2.25 bits per heavy atom. The summed E-state index contributed by atoms with van der Waals surface area (Å²) in [5.41, 5.74) is 2.03. The van der Waals surface area contributed by atoms with Crippen LogP contribution in [0.5, 0.6) is 0 Å². The van der Waals surface area contributed by atoms with Crippen molar-refractivity contribution in [3.63, 3.8) is 0 Å². The maximum atomic E-state index is 12.1. The number of amides is 1. The molecule has 0 unspecified atom stereocenters. The predicted octanol–water partition coefficient (Wildman–Crippen LogP) is 1.35. The number of hydrogen-bond acceptors (Lipinski definition) is 4. The van der Waals surface area contributed by atoms with Crippen molar-refractivity contribution in [1.82, 2.24) is 5.32 Å². The minimum absolute atomic E-state index is 0.255. The highest BCUT2D eigenvalue weighted by atomic mass is 32.2. The van der Waals surface area contributed by atoms with Gasteiger partial charge in [-0.15, -0.1) is 0 Å². The van der Waals surface area contributed by atoms with E-state index in [1.807, 2.05) is 30.5 Å². The van der Waals surface area contributed by atoms with E-state index in [-0.39, 0.29) is 11.9 Å². The topological polar surface area (TPSA) is 78.4 Å². The van der Waals surface area contributed by atoms with Gasteiger partial charge in [-0.25, -0.2) is 4.79 Å². The second kappa shape index (κ2) is 6.65. The van der Waals surface area contributed by atoms with Crippen LogP contribution in [0.25, 0.3) is 0 Å². The Morgan fingerprint density at radius 1 is 1.50 bits per heavy atom. The number of anilines is 1. The zero-order chi connectivity index (χ0) is 14.5. The SMILES string of the molecule is CSCC[C@@H](NC(=O)[C@@H]1Cc2ccccc2N1)C(=O)O. The van der Waals surface area contributed by atoms with Crippen molar-refractivity contribution in [3.8, 4) is 0 Å². The monoisotopic (exact) mass is 294 g/mol. The molecule has 2 atom stereocenters. The second-order valence-corrected chi connectivity index (χ2v) is 5.72. The number of carboxylic acid groups (broad SMARTS) is 1. The fraction of sp³-hybridized carbons (Fsp3) is 0.429. The molecule has 5 nitrogen and oxygen atoms in total. The third-order valence-electron chi connectivity index (χ3n) is 3.31. The second-order valence-electron chi connectivity index (χ2n) is 4.74. The van der Waals surface area contributed by atoms with Gasteiger partial charge in [0.2, 0.25) is 5.91 Å². The zero-order valence-corrected chi connectivity index (χ0v) is 12.1. The maximum absolute atomic E-state index is 12.1. The number of hydrogen-bond donors (Lipinski definition) is 3. The van der Waals surface area contributed by atoms with Crippen molar-refractivity contribution >= 4 is 29.3 Å². The average Bonchev–Trinajstić information content (AvgIpc) is 2.86. The van der Waals surface area contributed by atoms with Gasteiger partial charge in [-0.2, -0.15) is 11.8 Å². The van der Waals surface area contributed by atoms with Gasteiger partial charge in [-0.3, -0.25) is 4.79 Å². The van der Waals surface area contributed by atoms with E-state index >= 15 is 0 Å². The molecule has 1 heterocycles. The minimum Gasteiger partial charge on any atom is -0.480 e. The Balaban J connectivity index is 1.94. The maximum Gasteiger partial charge on any atom is 0.326 e. The lowest BCUT2D eigenvalue weighted by Gasteiger charge is -2.17. The van der Waals surface area contributed by atoms with E-state index < -0.39 is 12.0 Å². The Hall–Kier alpha value is -1.69. The van der Waals surface area contributed by atoms with Crippen LogP contribution in [-0.2, 0) is 16.0 Å². The molecule has 0 saturated carbocycles. The number of carbonyl (C=O) groups is 2. The number of aliphatic carboxylic acids is 1. The summed E-state index contributed by atoms with van der Waals surface area (Å²) in [6.07, 6.45) is 2.94. The Labute approximate surface area is 122 Å². The van der Waals surface area contributed by atoms with Gasteiger partial charge in [0.25, 0.3) is 0 Å². The van der Waals surface area contributed by atoms with Crippen LogP contribution in [-0.4, -0.2) is 41.1 Å². The van der Waals surface area contributed by atoms with E-state index in [4.69, 9.17) is 5.11 Å². The van der Waals surface area contributed by atoms with Crippen molar-refractivity contribution < 1.29 is 14.7 Å². The normalized spacial score (nSPS) is 17.9. The number of thioether (sulfide) groups is 1. The molecule has 0 saturated heterocycles. The molecule has 20 heavy (non-hydrogen) atoms. The van der Waals surface area contributed by atoms with E-state index in [1.54, 1.807) is 11.8 Å². The molecular weight excluding hydrogens is 276 g/mol. The predicted molar refractivity (Wildman–Crippen MR) is 80.1 cm³/mol. The third kappa shape index (κ3) is 3.45. The molecule has 1 amide bonds. The molecule has 0 spiro atoms. The first-order chi connectivity index (χ1) is 9.61.